The maximum atomic E-state index is 13.1. The summed E-state index contributed by atoms with van der Waals surface area (Å²) in [5.41, 5.74) is 7.96. The van der Waals surface area contributed by atoms with Crippen LogP contribution in [0.4, 0.5) is 0 Å². The first-order valence-electron chi connectivity index (χ1n) is 8.63. The summed E-state index contributed by atoms with van der Waals surface area (Å²) in [7, 11) is 1.61. The van der Waals surface area contributed by atoms with Gasteiger partial charge in [0, 0.05) is 19.4 Å². The normalized spacial score (nSPS) is 12.7. The topological polar surface area (TPSA) is 103 Å². The summed E-state index contributed by atoms with van der Waals surface area (Å²) < 4.78 is 6.51. The predicted molar refractivity (Wildman–Crippen MR) is 111 cm³/mol. The number of thiocarbonyl (C=S) groups is 1. The standard InChI is InChI=1S/C19H20N6O2S/c1-11(10-27-3)22-19(28)24-21-9-14-12(2)13(8-20)17-23-15-6-4-5-7-16(15)25(17)18(14)26/h4-7,9,11,21H,10H2,1-3H3,(H2,22,24,28)/t11-/m0/s1. The molecule has 0 aliphatic carbocycles. The average molecular weight is 396 g/mol. The molecule has 0 bridgehead atoms. The molecule has 0 unspecified atom stereocenters. The molecule has 0 aliphatic heterocycles. The highest BCUT2D eigenvalue weighted by molar-refractivity contribution is 7.80. The molecular formula is C19H20N6O2S. The van der Waals surface area contributed by atoms with Crippen molar-refractivity contribution in [2.75, 3.05) is 13.7 Å². The molecule has 3 rings (SSSR count). The first-order valence-corrected chi connectivity index (χ1v) is 9.03. The van der Waals surface area contributed by atoms with E-state index in [1.165, 1.54) is 10.6 Å². The van der Waals surface area contributed by atoms with Gasteiger partial charge < -0.3 is 15.5 Å². The van der Waals surface area contributed by atoms with Crippen molar-refractivity contribution in [3.05, 3.63) is 51.0 Å². The molecular weight excluding hydrogens is 376 g/mol. The Morgan fingerprint density at radius 1 is 1.46 bits per heavy atom. The molecule has 0 amide bonds. The van der Waals surface area contributed by atoms with E-state index in [-0.39, 0.29) is 11.6 Å². The van der Waals surface area contributed by atoms with E-state index in [2.05, 4.69) is 27.2 Å². The van der Waals surface area contributed by atoms with Crippen LogP contribution in [0.25, 0.3) is 22.9 Å². The highest BCUT2D eigenvalue weighted by atomic mass is 32.1. The maximum absolute atomic E-state index is 13.1. The number of fused-ring (bicyclic) bond motifs is 3. The third-order valence-corrected chi connectivity index (χ3v) is 4.52. The van der Waals surface area contributed by atoms with Crippen molar-refractivity contribution in [1.82, 2.24) is 25.6 Å². The number of nitrogens with one attached hydrogen (secondary N) is 3. The van der Waals surface area contributed by atoms with Gasteiger partial charge in [-0.2, -0.15) is 5.26 Å². The van der Waals surface area contributed by atoms with Gasteiger partial charge in [0.2, 0.25) is 0 Å². The lowest BCUT2D eigenvalue weighted by atomic mass is 10.1. The average Bonchev–Trinajstić information content (AvgIpc) is 3.04. The zero-order chi connectivity index (χ0) is 20.3. The van der Waals surface area contributed by atoms with Crippen LogP contribution in [0.2, 0.25) is 0 Å². The highest BCUT2D eigenvalue weighted by Crippen LogP contribution is 2.17. The second-order valence-corrected chi connectivity index (χ2v) is 6.74. The minimum Gasteiger partial charge on any atom is -0.383 e. The molecule has 0 saturated carbocycles. The van der Waals surface area contributed by atoms with E-state index in [1.54, 1.807) is 20.1 Å². The zero-order valence-electron chi connectivity index (χ0n) is 15.7. The highest BCUT2D eigenvalue weighted by Gasteiger charge is 2.15. The van der Waals surface area contributed by atoms with E-state index in [9.17, 15) is 10.1 Å². The van der Waals surface area contributed by atoms with Gasteiger partial charge in [-0.25, -0.2) is 4.98 Å². The molecule has 9 heteroatoms. The molecule has 0 radical (unpaired) electrons. The van der Waals surface area contributed by atoms with Gasteiger partial charge in [0.25, 0.3) is 5.56 Å². The molecule has 3 N–H and O–H groups in total. The Hall–Kier alpha value is -3.22. The molecule has 2 aromatic heterocycles. The molecule has 2 heterocycles. The van der Waals surface area contributed by atoms with Gasteiger partial charge in [-0.3, -0.25) is 14.6 Å². The van der Waals surface area contributed by atoms with Gasteiger partial charge in [0.05, 0.1) is 28.4 Å². The van der Waals surface area contributed by atoms with Gasteiger partial charge in [0.15, 0.2) is 10.8 Å². The number of nitrogens with zero attached hydrogens (tertiary/aromatic N) is 3. The van der Waals surface area contributed by atoms with Crippen LogP contribution in [0, 0.1) is 18.3 Å². The van der Waals surface area contributed by atoms with Crippen LogP contribution in [0.5, 0.6) is 0 Å². The number of nitriles is 1. The molecule has 3 aromatic rings. The number of benzene rings is 1. The Balaban J connectivity index is 2.01. The molecule has 8 nitrogen and oxygen atoms in total. The van der Waals surface area contributed by atoms with Crippen LogP contribution in [0.3, 0.4) is 0 Å². The summed E-state index contributed by atoms with van der Waals surface area (Å²) in [5, 5.41) is 13.4. The minimum atomic E-state index is -0.263. The Bertz CT molecular complexity index is 1200. The second-order valence-electron chi connectivity index (χ2n) is 6.33. The summed E-state index contributed by atoms with van der Waals surface area (Å²) in [6, 6.07) is 9.48. The van der Waals surface area contributed by atoms with Gasteiger partial charge in [-0.1, -0.05) is 12.1 Å². The van der Waals surface area contributed by atoms with Crippen LogP contribution >= 0.6 is 12.2 Å². The lowest BCUT2D eigenvalue weighted by Gasteiger charge is -2.15. The molecule has 0 spiro atoms. The number of imidazole rings is 1. The van der Waals surface area contributed by atoms with E-state index >= 15 is 0 Å². The number of ether oxygens (including phenoxy) is 1. The Morgan fingerprint density at radius 3 is 2.93 bits per heavy atom. The van der Waals surface area contributed by atoms with Crippen LogP contribution in [-0.2, 0) is 4.74 Å². The number of aromatic nitrogens is 2. The van der Waals surface area contributed by atoms with Crippen LogP contribution < -0.4 is 26.9 Å². The van der Waals surface area contributed by atoms with Gasteiger partial charge >= 0.3 is 0 Å². The number of methoxy groups -OCH3 is 1. The predicted octanol–water partition coefficient (Wildman–Crippen LogP) is 0.488. The van der Waals surface area contributed by atoms with Crippen molar-refractivity contribution in [3.63, 3.8) is 0 Å². The summed E-state index contributed by atoms with van der Waals surface area (Å²) in [4.78, 5) is 17.5. The first-order chi connectivity index (χ1) is 13.5. The number of pyridine rings is 1. The summed E-state index contributed by atoms with van der Waals surface area (Å²) in [6.07, 6.45) is 1.50. The fourth-order valence-corrected chi connectivity index (χ4v) is 3.27. The van der Waals surface area contributed by atoms with Crippen LogP contribution in [0.1, 0.15) is 18.1 Å². The van der Waals surface area contributed by atoms with E-state index in [4.69, 9.17) is 17.0 Å². The van der Waals surface area contributed by atoms with Gasteiger partial charge in [-0.05, 0) is 43.8 Å². The smallest absolute Gasteiger partial charge is 0.265 e. The second kappa shape index (κ2) is 8.21. The molecule has 144 valence electrons. The fraction of sp³-hybridized carbons (Fsp3) is 0.263. The Kier molecular flexibility index (Phi) is 5.73. The van der Waals surface area contributed by atoms with Crippen molar-refractivity contribution in [2.24, 2.45) is 0 Å². The monoisotopic (exact) mass is 396 g/mol. The number of hydrazine groups is 1. The summed E-state index contributed by atoms with van der Waals surface area (Å²) in [5.74, 6) is 0. The van der Waals surface area contributed by atoms with E-state index in [0.29, 0.717) is 44.7 Å². The minimum absolute atomic E-state index is 0.0301. The van der Waals surface area contributed by atoms with Gasteiger partial charge in [-0.15, -0.1) is 0 Å². The van der Waals surface area contributed by atoms with Crippen molar-refractivity contribution >= 4 is 40.2 Å². The molecule has 28 heavy (non-hydrogen) atoms. The molecule has 0 saturated heterocycles. The Morgan fingerprint density at radius 2 is 2.21 bits per heavy atom. The number of hydrogen-bond acceptors (Lipinski definition) is 6. The zero-order valence-corrected chi connectivity index (χ0v) is 16.6. The van der Waals surface area contributed by atoms with Crippen molar-refractivity contribution in [3.8, 4) is 6.07 Å². The quantitative estimate of drug-likeness (QED) is 0.423. The Labute approximate surface area is 166 Å². The molecule has 1 aromatic carbocycles. The van der Waals surface area contributed by atoms with Crippen LogP contribution in [0.15, 0.2) is 29.1 Å². The molecule has 0 fully saturated rings. The SMILES string of the molecule is COC[C@H](C)NC(=S)NNC=c1c(C)c(C#N)c2nc3ccccc3n2c1=O. The van der Waals surface area contributed by atoms with Crippen molar-refractivity contribution < 1.29 is 4.74 Å². The number of para-hydroxylation sites is 2. The first kappa shape index (κ1) is 19.5. The third-order valence-electron chi connectivity index (χ3n) is 4.31. The molecule has 1 atom stereocenters. The number of rotatable bonds is 5. The maximum Gasteiger partial charge on any atom is 0.265 e. The molecule has 0 aliphatic rings. The largest absolute Gasteiger partial charge is 0.383 e. The van der Waals surface area contributed by atoms with Crippen LogP contribution in [-0.4, -0.2) is 34.3 Å². The summed E-state index contributed by atoms with van der Waals surface area (Å²) >= 11 is 5.19. The van der Waals surface area contributed by atoms with Gasteiger partial charge in [0.1, 0.15) is 6.07 Å². The number of hydrogen-bond donors (Lipinski definition) is 3. The fourth-order valence-electron chi connectivity index (χ4n) is 3.01. The van der Waals surface area contributed by atoms with E-state index in [1.807, 2.05) is 25.1 Å². The lowest BCUT2D eigenvalue weighted by Crippen LogP contribution is -2.47. The lowest BCUT2D eigenvalue weighted by molar-refractivity contribution is 0.179. The third kappa shape index (κ3) is 3.60. The van der Waals surface area contributed by atoms with Crippen molar-refractivity contribution in [1.29, 1.82) is 5.26 Å². The summed E-state index contributed by atoms with van der Waals surface area (Å²) in [6.45, 7) is 4.16. The van der Waals surface area contributed by atoms with E-state index in [0.717, 1.165) is 0 Å². The van der Waals surface area contributed by atoms with E-state index < -0.39 is 0 Å². The van der Waals surface area contributed by atoms with Crippen molar-refractivity contribution in [2.45, 2.75) is 19.9 Å².